The number of hydrogen-bond acceptors (Lipinski definition) is 2. The van der Waals surface area contributed by atoms with Gasteiger partial charge in [-0.1, -0.05) is 24.3 Å². The van der Waals surface area contributed by atoms with Crippen molar-refractivity contribution in [2.24, 2.45) is 0 Å². The van der Waals surface area contributed by atoms with Crippen LogP contribution >= 0.6 is 0 Å². The minimum Gasteiger partial charge on any atom is -0.254 e. The summed E-state index contributed by atoms with van der Waals surface area (Å²) in [6, 6.07) is 15.8. The lowest BCUT2D eigenvalue weighted by molar-refractivity contribution is 0.509. The van der Waals surface area contributed by atoms with Crippen LogP contribution < -0.4 is 0 Å². The van der Waals surface area contributed by atoms with Crippen LogP contribution in [0.25, 0.3) is 33.4 Å². The van der Waals surface area contributed by atoms with Gasteiger partial charge in [0.05, 0.1) is 16.7 Å². The van der Waals surface area contributed by atoms with Gasteiger partial charge in [0.15, 0.2) is 11.6 Å². The van der Waals surface area contributed by atoms with Gasteiger partial charge in [0.2, 0.25) is 0 Å². The summed E-state index contributed by atoms with van der Waals surface area (Å²) in [7, 11) is 0. The highest BCUT2D eigenvalue weighted by Gasteiger charge is 2.26. The third-order valence-electron chi connectivity index (χ3n) is 4.69. The van der Waals surface area contributed by atoms with Crippen LogP contribution in [0.4, 0.5) is 8.78 Å². The maximum Gasteiger partial charge on any atom is 0.159 e. The summed E-state index contributed by atoms with van der Waals surface area (Å²) in [5.41, 5.74) is 7.24. The van der Waals surface area contributed by atoms with Gasteiger partial charge in [-0.3, -0.25) is 4.98 Å². The number of fused-ring (bicyclic) bond motifs is 5. The fourth-order valence-electron chi connectivity index (χ4n) is 3.58. The second kappa shape index (κ2) is 5.18. The molecule has 0 unspecified atom stereocenters. The van der Waals surface area contributed by atoms with Crippen molar-refractivity contribution in [1.82, 2.24) is 9.97 Å². The molecule has 0 bridgehead atoms. The van der Waals surface area contributed by atoms with Gasteiger partial charge in [-0.25, -0.2) is 13.8 Å². The average Bonchev–Trinajstić information content (AvgIpc) is 3.03. The molecule has 4 aromatic rings. The lowest BCUT2D eigenvalue weighted by Gasteiger charge is -2.11. The summed E-state index contributed by atoms with van der Waals surface area (Å²) in [6.07, 6.45) is 2.46. The predicted octanol–water partition coefficient (Wildman–Crippen LogP) is 5.15. The summed E-state index contributed by atoms with van der Waals surface area (Å²) in [5, 5.41) is 0. The highest BCUT2D eigenvalue weighted by atomic mass is 19.2. The van der Waals surface area contributed by atoms with Crippen molar-refractivity contribution in [2.45, 2.75) is 6.42 Å². The minimum absolute atomic E-state index is 0.578. The molecule has 0 atom stereocenters. The summed E-state index contributed by atoms with van der Waals surface area (Å²) in [4.78, 5) is 9.24. The van der Waals surface area contributed by atoms with E-state index in [1.54, 1.807) is 12.3 Å². The van der Waals surface area contributed by atoms with Crippen LogP contribution in [0.3, 0.4) is 0 Å². The molecule has 2 heterocycles. The fourth-order valence-corrected chi connectivity index (χ4v) is 3.58. The van der Waals surface area contributed by atoms with Crippen molar-refractivity contribution >= 4 is 11.0 Å². The molecule has 1 aliphatic carbocycles. The van der Waals surface area contributed by atoms with Crippen molar-refractivity contribution in [3.05, 3.63) is 83.6 Å². The van der Waals surface area contributed by atoms with Crippen LogP contribution in [-0.2, 0) is 6.42 Å². The van der Waals surface area contributed by atoms with Crippen LogP contribution in [0.1, 0.15) is 11.1 Å². The van der Waals surface area contributed by atoms with E-state index >= 15 is 0 Å². The molecule has 0 saturated carbocycles. The molecule has 2 nitrogen and oxygen atoms in total. The van der Waals surface area contributed by atoms with Gasteiger partial charge >= 0.3 is 0 Å². The van der Waals surface area contributed by atoms with Crippen LogP contribution in [-0.4, -0.2) is 9.97 Å². The van der Waals surface area contributed by atoms with Crippen LogP contribution in [0.15, 0.2) is 60.8 Å². The Morgan fingerprint density at radius 3 is 2.64 bits per heavy atom. The molecule has 0 fully saturated rings. The minimum atomic E-state index is -0.866. The highest BCUT2D eigenvalue weighted by Crippen LogP contribution is 2.44. The van der Waals surface area contributed by atoms with Crippen LogP contribution in [0.5, 0.6) is 0 Å². The zero-order chi connectivity index (χ0) is 17.0. The summed E-state index contributed by atoms with van der Waals surface area (Å²) in [6.45, 7) is 0. The van der Waals surface area contributed by atoms with E-state index in [-0.39, 0.29) is 0 Å². The standard InChI is InChI=1S/C21H12F2N2/c22-16-8-7-13(11-17(16)23)20-15-10-12-4-1-2-5-14(12)19(15)21-18(25-20)6-3-9-24-21/h1-9,11H,10H2. The molecule has 0 radical (unpaired) electrons. The topological polar surface area (TPSA) is 25.8 Å². The smallest absolute Gasteiger partial charge is 0.159 e. The van der Waals surface area contributed by atoms with E-state index in [2.05, 4.69) is 17.1 Å². The molecule has 2 aromatic carbocycles. The van der Waals surface area contributed by atoms with E-state index in [1.165, 1.54) is 11.6 Å². The predicted molar refractivity (Wildman–Crippen MR) is 93.1 cm³/mol. The molecule has 0 aliphatic heterocycles. The van der Waals surface area contributed by atoms with Crippen molar-refractivity contribution in [3.8, 4) is 22.4 Å². The van der Waals surface area contributed by atoms with Crippen molar-refractivity contribution in [2.75, 3.05) is 0 Å². The number of aromatic nitrogens is 2. The van der Waals surface area contributed by atoms with E-state index in [9.17, 15) is 8.78 Å². The Kier molecular flexibility index (Phi) is 2.95. The zero-order valence-corrected chi connectivity index (χ0v) is 13.1. The van der Waals surface area contributed by atoms with Crippen molar-refractivity contribution in [1.29, 1.82) is 0 Å². The van der Waals surface area contributed by atoms with Gasteiger partial charge in [0.1, 0.15) is 0 Å². The van der Waals surface area contributed by atoms with E-state index in [4.69, 9.17) is 4.98 Å². The third kappa shape index (κ3) is 2.07. The number of benzene rings is 2. The van der Waals surface area contributed by atoms with E-state index < -0.39 is 11.6 Å². The molecule has 25 heavy (non-hydrogen) atoms. The summed E-state index contributed by atoms with van der Waals surface area (Å²) >= 11 is 0. The molecule has 1 aliphatic rings. The Bertz CT molecular complexity index is 1150. The molecule has 0 spiro atoms. The fraction of sp³-hybridized carbons (Fsp3) is 0.0476. The van der Waals surface area contributed by atoms with Gasteiger partial charge in [0.25, 0.3) is 0 Å². The second-order valence-electron chi connectivity index (χ2n) is 6.15. The molecule has 4 heteroatoms. The molecule has 5 rings (SSSR count). The lowest BCUT2D eigenvalue weighted by Crippen LogP contribution is -1.97. The first kappa shape index (κ1) is 14.2. The molecular weight excluding hydrogens is 318 g/mol. The number of nitrogens with zero attached hydrogens (tertiary/aromatic N) is 2. The number of hydrogen-bond donors (Lipinski definition) is 0. The number of halogens is 2. The second-order valence-corrected chi connectivity index (χ2v) is 6.15. The first-order valence-electron chi connectivity index (χ1n) is 8.03. The molecule has 2 aromatic heterocycles. The Balaban J connectivity index is 1.88. The molecule has 120 valence electrons. The lowest BCUT2D eigenvalue weighted by atomic mass is 9.99. The molecule has 0 N–H and O–H groups in total. The van der Waals surface area contributed by atoms with Crippen molar-refractivity contribution in [3.63, 3.8) is 0 Å². The maximum absolute atomic E-state index is 13.8. The largest absolute Gasteiger partial charge is 0.254 e. The average molecular weight is 330 g/mol. The first-order valence-corrected chi connectivity index (χ1v) is 8.03. The van der Waals surface area contributed by atoms with Gasteiger partial charge in [-0.2, -0.15) is 0 Å². The first-order chi connectivity index (χ1) is 12.2. The zero-order valence-electron chi connectivity index (χ0n) is 13.1. The molecule has 0 saturated heterocycles. The highest BCUT2D eigenvalue weighted by molar-refractivity contribution is 5.99. The van der Waals surface area contributed by atoms with E-state index in [0.717, 1.165) is 33.8 Å². The van der Waals surface area contributed by atoms with Gasteiger partial charge in [0, 0.05) is 23.7 Å². The quantitative estimate of drug-likeness (QED) is 0.425. The number of pyridine rings is 2. The Morgan fingerprint density at radius 2 is 1.76 bits per heavy atom. The van der Waals surface area contributed by atoms with Gasteiger partial charge in [-0.15, -0.1) is 0 Å². The number of rotatable bonds is 1. The summed E-state index contributed by atoms with van der Waals surface area (Å²) < 4.78 is 27.1. The van der Waals surface area contributed by atoms with Crippen molar-refractivity contribution < 1.29 is 8.78 Å². The van der Waals surface area contributed by atoms with Crippen LogP contribution in [0, 0.1) is 11.6 Å². The SMILES string of the molecule is Fc1ccc(-c2nc3cccnc3c3c2Cc2ccccc2-3)cc1F. The molecule has 0 amide bonds. The van der Waals surface area contributed by atoms with E-state index in [0.29, 0.717) is 17.7 Å². The maximum atomic E-state index is 13.8. The van der Waals surface area contributed by atoms with Gasteiger partial charge < -0.3 is 0 Å². The summed E-state index contributed by atoms with van der Waals surface area (Å²) in [5.74, 6) is -1.72. The molecular formula is C21H12F2N2. The normalized spacial score (nSPS) is 12.2. The van der Waals surface area contributed by atoms with Crippen LogP contribution in [0.2, 0.25) is 0 Å². The third-order valence-corrected chi connectivity index (χ3v) is 4.69. The monoisotopic (exact) mass is 330 g/mol. The Labute approximate surface area is 142 Å². The Hall–Kier alpha value is -3.14. The van der Waals surface area contributed by atoms with E-state index in [1.807, 2.05) is 24.3 Å². The van der Waals surface area contributed by atoms with Gasteiger partial charge in [-0.05, 0) is 47.0 Å². The Morgan fingerprint density at radius 1 is 0.880 bits per heavy atom.